The van der Waals surface area contributed by atoms with Crippen LogP contribution < -0.4 is 5.32 Å². The fraction of sp³-hybridized carbons (Fsp3) is 0.222. The van der Waals surface area contributed by atoms with Crippen LogP contribution in [-0.4, -0.2) is 18.0 Å². The second kappa shape index (κ2) is 8.18. The summed E-state index contributed by atoms with van der Waals surface area (Å²) >= 11 is 11.7. The van der Waals surface area contributed by atoms with Crippen molar-refractivity contribution in [2.45, 2.75) is 26.5 Å². The Bertz CT molecular complexity index is 744. The summed E-state index contributed by atoms with van der Waals surface area (Å²) in [6.07, 6.45) is -0.935. The van der Waals surface area contributed by atoms with Crippen LogP contribution in [0.2, 0.25) is 10.0 Å². The maximum absolute atomic E-state index is 12.1. The summed E-state index contributed by atoms with van der Waals surface area (Å²) < 4.78 is 5.15. The standard InChI is InChI=1S/C18H17Cl2NO3/c1-11-3-5-13(6-4-11)10-21-17(22)12(2)24-18(23)15-8-7-14(19)9-16(15)20/h3-9,12H,10H2,1-2H3,(H,21,22). The number of carbonyl (C=O) groups is 2. The van der Waals surface area contributed by atoms with E-state index in [1.165, 1.54) is 25.1 Å². The summed E-state index contributed by atoms with van der Waals surface area (Å²) in [4.78, 5) is 24.1. The molecule has 0 heterocycles. The van der Waals surface area contributed by atoms with Crippen molar-refractivity contribution in [1.82, 2.24) is 5.32 Å². The summed E-state index contributed by atoms with van der Waals surface area (Å²) in [6, 6.07) is 12.2. The van der Waals surface area contributed by atoms with Gasteiger partial charge in [-0.2, -0.15) is 0 Å². The minimum Gasteiger partial charge on any atom is -0.449 e. The van der Waals surface area contributed by atoms with E-state index in [2.05, 4.69) is 5.32 Å². The molecule has 6 heteroatoms. The Morgan fingerprint density at radius 1 is 1.12 bits per heavy atom. The molecule has 0 aromatic heterocycles. The number of ether oxygens (including phenoxy) is 1. The van der Waals surface area contributed by atoms with Crippen molar-refractivity contribution in [2.75, 3.05) is 0 Å². The lowest BCUT2D eigenvalue weighted by atomic mass is 10.1. The summed E-state index contributed by atoms with van der Waals surface area (Å²) in [5.41, 5.74) is 2.28. The van der Waals surface area contributed by atoms with E-state index in [9.17, 15) is 9.59 Å². The monoisotopic (exact) mass is 365 g/mol. The van der Waals surface area contributed by atoms with Crippen molar-refractivity contribution >= 4 is 35.1 Å². The number of aryl methyl sites for hydroxylation is 1. The minimum absolute atomic E-state index is 0.166. The van der Waals surface area contributed by atoms with Gasteiger partial charge < -0.3 is 10.1 Å². The van der Waals surface area contributed by atoms with Gasteiger partial charge in [0, 0.05) is 11.6 Å². The molecule has 1 N–H and O–H groups in total. The van der Waals surface area contributed by atoms with Crippen LogP contribution in [0.5, 0.6) is 0 Å². The molecule has 0 bridgehead atoms. The Morgan fingerprint density at radius 2 is 1.79 bits per heavy atom. The van der Waals surface area contributed by atoms with Gasteiger partial charge in [0.2, 0.25) is 0 Å². The van der Waals surface area contributed by atoms with Crippen LogP contribution in [0.25, 0.3) is 0 Å². The van der Waals surface area contributed by atoms with Gasteiger partial charge in [-0.05, 0) is 37.6 Å². The van der Waals surface area contributed by atoms with Gasteiger partial charge in [0.05, 0.1) is 10.6 Å². The van der Waals surface area contributed by atoms with Crippen molar-refractivity contribution in [3.05, 3.63) is 69.2 Å². The van der Waals surface area contributed by atoms with Crippen molar-refractivity contribution in [3.63, 3.8) is 0 Å². The van der Waals surface area contributed by atoms with Gasteiger partial charge in [-0.25, -0.2) is 4.79 Å². The predicted octanol–water partition coefficient (Wildman–Crippen LogP) is 4.16. The number of amides is 1. The highest BCUT2D eigenvalue weighted by Crippen LogP contribution is 2.22. The summed E-state index contributed by atoms with van der Waals surface area (Å²) in [7, 11) is 0. The van der Waals surface area contributed by atoms with Crippen LogP contribution in [-0.2, 0) is 16.1 Å². The average Bonchev–Trinajstić information content (AvgIpc) is 2.53. The van der Waals surface area contributed by atoms with Gasteiger partial charge in [0.15, 0.2) is 6.10 Å². The Labute approximate surface area is 150 Å². The molecule has 24 heavy (non-hydrogen) atoms. The number of carbonyl (C=O) groups excluding carboxylic acids is 2. The number of hydrogen-bond acceptors (Lipinski definition) is 3. The van der Waals surface area contributed by atoms with E-state index < -0.39 is 12.1 Å². The summed E-state index contributed by atoms with van der Waals surface area (Å²) in [6.45, 7) is 3.86. The van der Waals surface area contributed by atoms with E-state index in [0.717, 1.165) is 11.1 Å². The Morgan fingerprint density at radius 3 is 2.42 bits per heavy atom. The third-order valence-corrected chi connectivity index (χ3v) is 3.94. The van der Waals surface area contributed by atoms with Crippen LogP contribution in [0.15, 0.2) is 42.5 Å². The van der Waals surface area contributed by atoms with Crippen LogP contribution in [0.1, 0.15) is 28.4 Å². The molecule has 0 radical (unpaired) electrons. The van der Waals surface area contributed by atoms with Gasteiger partial charge in [-0.15, -0.1) is 0 Å². The molecule has 0 aliphatic rings. The molecule has 2 aromatic carbocycles. The molecule has 0 spiro atoms. The topological polar surface area (TPSA) is 55.4 Å². The lowest BCUT2D eigenvalue weighted by Crippen LogP contribution is -2.35. The number of benzene rings is 2. The molecule has 0 aliphatic carbocycles. The van der Waals surface area contributed by atoms with Crippen molar-refractivity contribution in [1.29, 1.82) is 0 Å². The highest BCUT2D eigenvalue weighted by molar-refractivity contribution is 6.36. The normalized spacial score (nSPS) is 11.7. The molecule has 126 valence electrons. The predicted molar refractivity (Wildman–Crippen MR) is 94.4 cm³/mol. The SMILES string of the molecule is Cc1ccc(CNC(=O)C(C)OC(=O)c2ccc(Cl)cc2Cl)cc1. The smallest absolute Gasteiger partial charge is 0.340 e. The van der Waals surface area contributed by atoms with E-state index in [-0.39, 0.29) is 16.5 Å². The Hall–Kier alpha value is -2.04. The van der Waals surface area contributed by atoms with E-state index >= 15 is 0 Å². The van der Waals surface area contributed by atoms with Gasteiger partial charge in [-0.1, -0.05) is 53.0 Å². The molecule has 2 aromatic rings. The molecule has 0 fully saturated rings. The minimum atomic E-state index is -0.935. The molecule has 2 rings (SSSR count). The van der Waals surface area contributed by atoms with Gasteiger partial charge in [0.1, 0.15) is 0 Å². The second-order valence-electron chi connectivity index (χ2n) is 5.38. The number of hydrogen-bond donors (Lipinski definition) is 1. The highest BCUT2D eigenvalue weighted by Gasteiger charge is 2.20. The molecule has 4 nitrogen and oxygen atoms in total. The first-order chi connectivity index (χ1) is 11.4. The fourth-order valence-corrected chi connectivity index (χ4v) is 2.46. The van der Waals surface area contributed by atoms with Crippen LogP contribution in [0.4, 0.5) is 0 Å². The van der Waals surface area contributed by atoms with Crippen molar-refractivity contribution in [2.24, 2.45) is 0 Å². The summed E-state index contributed by atoms with van der Waals surface area (Å²) in [5, 5.41) is 3.33. The van der Waals surface area contributed by atoms with Crippen LogP contribution in [0, 0.1) is 6.92 Å². The first-order valence-corrected chi connectivity index (χ1v) is 8.11. The van der Waals surface area contributed by atoms with E-state index in [1.807, 2.05) is 31.2 Å². The van der Waals surface area contributed by atoms with E-state index in [1.54, 1.807) is 0 Å². The molecule has 1 amide bonds. The molecule has 0 aliphatic heterocycles. The number of rotatable bonds is 5. The quantitative estimate of drug-likeness (QED) is 0.809. The molecular weight excluding hydrogens is 349 g/mol. The first-order valence-electron chi connectivity index (χ1n) is 7.36. The zero-order valence-corrected chi connectivity index (χ0v) is 14.8. The zero-order chi connectivity index (χ0) is 17.7. The third-order valence-electron chi connectivity index (χ3n) is 3.39. The van der Waals surface area contributed by atoms with Crippen LogP contribution >= 0.6 is 23.2 Å². The molecule has 0 saturated carbocycles. The van der Waals surface area contributed by atoms with Crippen molar-refractivity contribution in [3.8, 4) is 0 Å². The maximum atomic E-state index is 12.1. The molecular formula is C18H17Cl2NO3. The lowest BCUT2D eigenvalue weighted by Gasteiger charge is -2.14. The highest BCUT2D eigenvalue weighted by atomic mass is 35.5. The van der Waals surface area contributed by atoms with Gasteiger partial charge in [-0.3, -0.25) is 4.79 Å². The third kappa shape index (κ3) is 4.98. The molecule has 1 atom stereocenters. The van der Waals surface area contributed by atoms with E-state index in [4.69, 9.17) is 27.9 Å². The van der Waals surface area contributed by atoms with Gasteiger partial charge >= 0.3 is 5.97 Å². The van der Waals surface area contributed by atoms with Crippen molar-refractivity contribution < 1.29 is 14.3 Å². The first kappa shape index (κ1) is 18.3. The van der Waals surface area contributed by atoms with Gasteiger partial charge in [0.25, 0.3) is 5.91 Å². The second-order valence-corrected chi connectivity index (χ2v) is 6.22. The number of halogens is 2. The molecule has 0 saturated heterocycles. The maximum Gasteiger partial charge on any atom is 0.340 e. The lowest BCUT2D eigenvalue weighted by molar-refractivity contribution is -0.129. The number of esters is 1. The average molecular weight is 366 g/mol. The largest absolute Gasteiger partial charge is 0.449 e. The zero-order valence-electron chi connectivity index (χ0n) is 13.3. The summed E-state index contributed by atoms with van der Waals surface area (Å²) in [5.74, 6) is -1.05. The van der Waals surface area contributed by atoms with E-state index in [0.29, 0.717) is 11.6 Å². The fourth-order valence-electron chi connectivity index (χ4n) is 1.97. The Kier molecular flexibility index (Phi) is 6.23. The molecule has 1 unspecified atom stereocenters. The van der Waals surface area contributed by atoms with Crippen LogP contribution in [0.3, 0.4) is 0 Å². The Balaban J connectivity index is 1.90. The number of nitrogens with one attached hydrogen (secondary N) is 1.